The summed E-state index contributed by atoms with van der Waals surface area (Å²) in [7, 11) is 0. The Morgan fingerprint density at radius 3 is 2.40 bits per heavy atom. The zero-order chi connectivity index (χ0) is 10.8. The molecule has 0 N–H and O–H groups in total. The lowest BCUT2D eigenvalue weighted by Gasteiger charge is -2.04. The largest absolute Gasteiger partial charge is 0.205 e. The molecule has 78 valence electrons. The van der Waals surface area contributed by atoms with Crippen molar-refractivity contribution in [2.24, 2.45) is 5.92 Å². The van der Waals surface area contributed by atoms with Crippen molar-refractivity contribution in [1.29, 1.82) is 0 Å². The molecule has 1 nitrogen and oxygen atoms in total. The minimum Gasteiger partial charge on any atom is -0.192 e. The Hall–Kier alpha value is -1.37. The van der Waals surface area contributed by atoms with E-state index in [9.17, 15) is 0 Å². The lowest BCUT2D eigenvalue weighted by molar-refractivity contribution is -0.426. The molecule has 0 amide bonds. The van der Waals surface area contributed by atoms with Crippen LogP contribution >= 0.6 is 0 Å². The first-order valence-electron chi connectivity index (χ1n) is 5.56. The third-order valence-electron chi connectivity index (χ3n) is 2.83. The average molecular weight is 200 g/mol. The Labute approximate surface area is 91.8 Å². The van der Waals surface area contributed by atoms with Crippen molar-refractivity contribution in [2.75, 3.05) is 6.54 Å². The molecular formula is C14H18N+. The Kier molecular flexibility index (Phi) is 2.72. The van der Waals surface area contributed by atoms with Crippen molar-refractivity contribution < 1.29 is 4.58 Å². The molecule has 0 unspecified atom stereocenters. The van der Waals surface area contributed by atoms with Gasteiger partial charge in [0.15, 0.2) is 12.3 Å². The third kappa shape index (κ3) is 2.01. The van der Waals surface area contributed by atoms with E-state index in [4.69, 9.17) is 0 Å². The van der Waals surface area contributed by atoms with Crippen LogP contribution in [-0.2, 0) is 0 Å². The van der Waals surface area contributed by atoms with E-state index in [-0.39, 0.29) is 0 Å². The van der Waals surface area contributed by atoms with Crippen molar-refractivity contribution >= 4 is 11.4 Å². The summed E-state index contributed by atoms with van der Waals surface area (Å²) in [5.41, 5.74) is 4.03. The van der Waals surface area contributed by atoms with Crippen LogP contribution in [0.1, 0.15) is 19.4 Å². The van der Waals surface area contributed by atoms with Crippen molar-refractivity contribution in [1.82, 2.24) is 0 Å². The maximum Gasteiger partial charge on any atom is 0.205 e. The molecule has 1 heterocycles. The molecule has 0 fully saturated rings. The standard InChI is InChI=1S/C14H18N/c1-11(2)14-5-4-10-15(14)13-8-6-12(3)7-9-13/h4-9,11H,10H2,1-3H3/q+1. The van der Waals surface area contributed by atoms with E-state index in [1.807, 2.05) is 0 Å². The number of benzene rings is 1. The molecule has 0 saturated carbocycles. The Morgan fingerprint density at radius 2 is 1.80 bits per heavy atom. The molecule has 0 saturated heterocycles. The predicted molar refractivity (Wildman–Crippen MR) is 65.0 cm³/mol. The van der Waals surface area contributed by atoms with Gasteiger partial charge in [-0.05, 0) is 13.0 Å². The van der Waals surface area contributed by atoms with Crippen molar-refractivity contribution in [3.8, 4) is 0 Å². The van der Waals surface area contributed by atoms with Gasteiger partial charge in [0.05, 0.1) is 0 Å². The van der Waals surface area contributed by atoms with Crippen LogP contribution in [0, 0.1) is 12.8 Å². The van der Waals surface area contributed by atoms with Crippen LogP contribution in [0.25, 0.3) is 0 Å². The minimum absolute atomic E-state index is 0.588. The van der Waals surface area contributed by atoms with Crippen molar-refractivity contribution in [2.45, 2.75) is 20.8 Å². The molecule has 1 aliphatic heterocycles. The minimum atomic E-state index is 0.588. The highest BCUT2D eigenvalue weighted by atomic mass is 15.0. The van der Waals surface area contributed by atoms with Crippen LogP contribution in [0.2, 0.25) is 0 Å². The summed E-state index contributed by atoms with van der Waals surface area (Å²) in [5.74, 6) is 0.588. The normalized spacial score (nSPS) is 15.5. The van der Waals surface area contributed by atoms with Crippen LogP contribution < -0.4 is 0 Å². The Morgan fingerprint density at radius 1 is 1.13 bits per heavy atom. The molecule has 0 radical (unpaired) electrons. The van der Waals surface area contributed by atoms with Gasteiger partial charge in [0.1, 0.15) is 0 Å². The van der Waals surface area contributed by atoms with Gasteiger partial charge in [-0.3, -0.25) is 0 Å². The fourth-order valence-corrected chi connectivity index (χ4v) is 1.96. The van der Waals surface area contributed by atoms with E-state index < -0.39 is 0 Å². The van der Waals surface area contributed by atoms with Gasteiger partial charge in [0.25, 0.3) is 0 Å². The maximum absolute atomic E-state index is 2.38. The summed E-state index contributed by atoms with van der Waals surface area (Å²) >= 11 is 0. The van der Waals surface area contributed by atoms with Crippen LogP contribution in [0.5, 0.6) is 0 Å². The highest BCUT2D eigenvalue weighted by Gasteiger charge is 2.21. The molecule has 1 aliphatic rings. The van der Waals surface area contributed by atoms with E-state index in [0.717, 1.165) is 6.54 Å². The number of aryl methyl sites for hydroxylation is 1. The molecule has 2 rings (SSSR count). The van der Waals surface area contributed by atoms with Gasteiger partial charge in [-0.15, -0.1) is 0 Å². The monoisotopic (exact) mass is 200 g/mol. The first kappa shape index (κ1) is 10.2. The van der Waals surface area contributed by atoms with E-state index in [2.05, 4.69) is 61.8 Å². The summed E-state index contributed by atoms with van der Waals surface area (Å²) in [6.45, 7) is 7.62. The molecule has 0 spiro atoms. The molecule has 1 aromatic rings. The number of hydrogen-bond acceptors (Lipinski definition) is 0. The smallest absolute Gasteiger partial charge is 0.192 e. The van der Waals surface area contributed by atoms with Crippen LogP contribution in [-0.4, -0.2) is 16.8 Å². The van der Waals surface area contributed by atoms with Crippen LogP contribution in [0.3, 0.4) is 0 Å². The summed E-state index contributed by atoms with van der Waals surface area (Å²) in [4.78, 5) is 0. The highest BCUT2D eigenvalue weighted by Crippen LogP contribution is 2.18. The molecular weight excluding hydrogens is 182 g/mol. The van der Waals surface area contributed by atoms with E-state index >= 15 is 0 Å². The first-order chi connectivity index (χ1) is 7.18. The predicted octanol–water partition coefficient (Wildman–Crippen LogP) is 3.31. The second-order valence-electron chi connectivity index (χ2n) is 4.43. The fraction of sp³-hybridized carbons (Fsp3) is 0.357. The number of allylic oxidation sites excluding steroid dienone is 1. The second kappa shape index (κ2) is 4.01. The highest BCUT2D eigenvalue weighted by molar-refractivity contribution is 5.94. The lowest BCUT2D eigenvalue weighted by atomic mass is 10.1. The van der Waals surface area contributed by atoms with E-state index in [1.54, 1.807) is 0 Å². The number of nitrogens with zero attached hydrogens (tertiary/aromatic N) is 1. The molecule has 1 aromatic carbocycles. The summed E-state index contributed by atoms with van der Waals surface area (Å²) in [6, 6.07) is 8.74. The van der Waals surface area contributed by atoms with Crippen LogP contribution in [0.4, 0.5) is 5.69 Å². The van der Waals surface area contributed by atoms with Crippen molar-refractivity contribution in [3.05, 3.63) is 42.0 Å². The zero-order valence-electron chi connectivity index (χ0n) is 9.70. The van der Waals surface area contributed by atoms with Gasteiger partial charge in [-0.25, -0.2) is 0 Å². The summed E-state index contributed by atoms with van der Waals surface area (Å²) < 4.78 is 2.38. The van der Waals surface area contributed by atoms with Gasteiger partial charge in [0, 0.05) is 24.1 Å². The van der Waals surface area contributed by atoms with E-state index in [1.165, 1.54) is 17.0 Å². The fourth-order valence-electron chi connectivity index (χ4n) is 1.96. The zero-order valence-corrected chi connectivity index (χ0v) is 9.70. The maximum atomic E-state index is 2.38. The molecule has 15 heavy (non-hydrogen) atoms. The van der Waals surface area contributed by atoms with Crippen LogP contribution in [0.15, 0.2) is 36.4 Å². The van der Waals surface area contributed by atoms with Gasteiger partial charge in [-0.1, -0.05) is 31.5 Å². The van der Waals surface area contributed by atoms with Gasteiger partial charge < -0.3 is 0 Å². The Bertz CT molecular complexity index is 407. The molecule has 0 atom stereocenters. The van der Waals surface area contributed by atoms with Gasteiger partial charge >= 0.3 is 0 Å². The summed E-state index contributed by atoms with van der Waals surface area (Å²) in [6.07, 6.45) is 4.47. The Balaban J connectivity index is 2.39. The quantitative estimate of drug-likeness (QED) is 0.644. The lowest BCUT2D eigenvalue weighted by Crippen LogP contribution is -2.15. The van der Waals surface area contributed by atoms with Gasteiger partial charge in [0.2, 0.25) is 5.69 Å². The SMILES string of the molecule is Cc1ccc([N+]2=C(C(C)C)C=CC2)cc1. The molecule has 0 aliphatic carbocycles. The molecule has 0 bridgehead atoms. The third-order valence-corrected chi connectivity index (χ3v) is 2.83. The van der Waals surface area contributed by atoms with Crippen molar-refractivity contribution in [3.63, 3.8) is 0 Å². The van der Waals surface area contributed by atoms with Gasteiger partial charge in [-0.2, -0.15) is 4.58 Å². The first-order valence-corrected chi connectivity index (χ1v) is 5.56. The van der Waals surface area contributed by atoms with E-state index in [0.29, 0.717) is 5.92 Å². The number of rotatable bonds is 2. The second-order valence-corrected chi connectivity index (χ2v) is 4.43. The molecule has 0 aromatic heterocycles. The average Bonchev–Trinajstić information content (AvgIpc) is 2.67. The molecule has 1 heteroatoms. The summed E-state index contributed by atoms with van der Waals surface area (Å²) in [5, 5.41) is 0. The number of hydrogen-bond donors (Lipinski definition) is 0. The topological polar surface area (TPSA) is 3.01 Å².